The summed E-state index contributed by atoms with van der Waals surface area (Å²) in [5, 5.41) is 0. The molecule has 0 heterocycles. The van der Waals surface area contributed by atoms with Gasteiger partial charge in [0, 0.05) is 25.7 Å². The fourth-order valence-electron chi connectivity index (χ4n) is 3.71. The molecule has 4 unspecified atom stereocenters. The quantitative estimate of drug-likeness (QED) is 0.803. The van der Waals surface area contributed by atoms with Gasteiger partial charge in [0.25, 0.3) is 0 Å². The zero-order valence-corrected chi connectivity index (χ0v) is 11.8. The van der Waals surface area contributed by atoms with Crippen molar-refractivity contribution in [3.63, 3.8) is 0 Å². The highest BCUT2D eigenvalue weighted by molar-refractivity contribution is 5.81. The summed E-state index contributed by atoms with van der Waals surface area (Å²) < 4.78 is 5.10. The number of rotatable bonds is 5. The molecular weight excluding hydrogens is 228 g/mol. The average molecular weight is 254 g/mol. The summed E-state index contributed by atoms with van der Waals surface area (Å²) in [5.41, 5.74) is 6.25. The van der Waals surface area contributed by atoms with Gasteiger partial charge in [-0.3, -0.25) is 4.79 Å². The van der Waals surface area contributed by atoms with Gasteiger partial charge in [-0.2, -0.15) is 0 Å². The van der Waals surface area contributed by atoms with Crippen molar-refractivity contribution in [2.75, 3.05) is 20.3 Å². The van der Waals surface area contributed by atoms with Crippen LogP contribution in [0.5, 0.6) is 0 Å². The Morgan fingerprint density at radius 2 is 2.06 bits per heavy atom. The van der Waals surface area contributed by atoms with Crippen LogP contribution in [0.4, 0.5) is 0 Å². The molecule has 2 fully saturated rings. The topological polar surface area (TPSA) is 55.6 Å². The predicted octanol–water partition coefficient (Wildman–Crippen LogP) is 1.24. The van der Waals surface area contributed by atoms with Gasteiger partial charge in [-0.15, -0.1) is 0 Å². The Kier molecular flexibility index (Phi) is 4.28. The molecule has 2 saturated carbocycles. The predicted molar refractivity (Wildman–Crippen MR) is 71.0 cm³/mol. The largest absolute Gasteiger partial charge is 0.383 e. The zero-order valence-electron chi connectivity index (χ0n) is 11.8. The second-order valence-corrected chi connectivity index (χ2v) is 6.05. The zero-order chi connectivity index (χ0) is 13.3. The highest BCUT2D eigenvalue weighted by atomic mass is 16.5. The standard InChI is InChI=1S/C14H26N2O2/c1-9(2)16(6-7-18-3)14(17)12-10-4-5-11(8-10)13(12)15/h9-13H,4-8,15H2,1-3H3. The Morgan fingerprint density at radius 1 is 1.39 bits per heavy atom. The lowest BCUT2D eigenvalue weighted by Gasteiger charge is -2.34. The molecule has 2 N–H and O–H groups in total. The summed E-state index contributed by atoms with van der Waals surface area (Å²) >= 11 is 0. The van der Waals surface area contributed by atoms with Gasteiger partial charge < -0.3 is 15.4 Å². The molecule has 18 heavy (non-hydrogen) atoms. The van der Waals surface area contributed by atoms with Crippen LogP contribution in [0.15, 0.2) is 0 Å². The second-order valence-electron chi connectivity index (χ2n) is 6.05. The van der Waals surface area contributed by atoms with Gasteiger partial charge in [-0.1, -0.05) is 0 Å². The Morgan fingerprint density at radius 3 is 2.56 bits per heavy atom. The van der Waals surface area contributed by atoms with Crippen LogP contribution in [0.1, 0.15) is 33.1 Å². The van der Waals surface area contributed by atoms with E-state index in [4.69, 9.17) is 10.5 Å². The number of fused-ring (bicyclic) bond motifs is 2. The molecule has 0 aromatic rings. The molecule has 0 aliphatic heterocycles. The molecule has 2 aliphatic carbocycles. The van der Waals surface area contributed by atoms with Crippen LogP contribution in [-0.4, -0.2) is 43.2 Å². The maximum absolute atomic E-state index is 12.7. The van der Waals surface area contributed by atoms with Crippen molar-refractivity contribution in [1.82, 2.24) is 4.90 Å². The van der Waals surface area contributed by atoms with Crippen molar-refractivity contribution < 1.29 is 9.53 Å². The van der Waals surface area contributed by atoms with Gasteiger partial charge in [-0.25, -0.2) is 0 Å². The number of ether oxygens (including phenoxy) is 1. The summed E-state index contributed by atoms with van der Waals surface area (Å²) in [5.74, 6) is 1.42. The van der Waals surface area contributed by atoms with Crippen molar-refractivity contribution in [3.8, 4) is 0 Å². The van der Waals surface area contributed by atoms with Gasteiger partial charge >= 0.3 is 0 Å². The molecule has 4 heteroatoms. The number of nitrogens with two attached hydrogens (primary N) is 1. The van der Waals surface area contributed by atoms with E-state index < -0.39 is 0 Å². The van der Waals surface area contributed by atoms with Gasteiger partial charge in [0.05, 0.1) is 12.5 Å². The maximum atomic E-state index is 12.7. The van der Waals surface area contributed by atoms with Gasteiger partial charge in [0.2, 0.25) is 5.91 Å². The molecule has 1 amide bonds. The SMILES string of the molecule is COCCN(C(=O)C1C2CCC(C2)C1N)C(C)C. The lowest BCUT2D eigenvalue weighted by molar-refractivity contribution is -0.140. The minimum absolute atomic E-state index is 0.0583. The highest BCUT2D eigenvalue weighted by Gasteiger charge is 2.50. The summed E-state index contributed by atoms with van der Waals surface area (Å²) in [4.78, 5) is 14.6. The van der Waals surface area contributed by atoms with Crippen LogP contribution in [0.25, 0.3) is 0 Å². The number of carbonyl (C=O) groups is 1. The third kappa shape index (κ3) is 2.41. The van der Waals surface area contributed by atoms with Gasteiger partial charge in [0.1, 0.15) is 0 Å². The highest BCUT2D eigenvalue weighted by Crippen LogP contribution is 2.48. The fourth-order valence-corrected chi connectivity index (χ4v) is 3.71. The van der Waals surface area contributed by atoms with Crippen molar-refractivity contribution in [2.24, 2.45) is 23.5 Å². The molecule has 0 spiro atoms. The normalized spacial score (nSPS) is 34.3. The van der Waals surface area contributed by atoms with Crippen molar-refractivity contribution in [1.29, 1.82) is 0 Å². The first-order valence-corrected chi connectivity index (χ1v) is 7.11. The van der Waals surface area contributed by atoms with Crippen molar-refractivity contribution in [3.05, 3.63) is 0 Å². The van der Waals surface area contributed by atoms with E-state index in [1.165, 1.54) is 12.8 Å². The molecule has 0 aromatic carbocycles. The van der Waals surface area contributed by atoms with Crippen molar-refractivity contribution >= 4 is 5.91 Å². The first kappa shape index (κ1) is 13.8. The third-order valence-corrected chi connectivity index (χ3v) is 4.71. The molecule has 4 nitrogen and oxygen atoms in total. The van der Waals surface area contributed by atoms with Crippen LogP contribution in [0, 0.1) is 17.8 Å². The summed E-state index contributed by atoms with van der Waals surface area (Å²) in [7, 11) is 1.67. The third-order valence-electron chi connectivity index (χ3n) is 4.71. The van der Waals surface area contributed by atoms with E-state index in [-0.39, 0.29) is 23.9 Å². The maximum Gasteiger partial charge on any atom is 0.227 e. The van der Waals surface area contributed by atoms with Gasteiger partial charge in [0.15, 0.2) is 0 Å². The van der Waals surface area contributed by atoms with E-state index in [2.05, 4.69) is 13.8 Å². The van der Waals surface area contributed by atoms with E-state index in [1.54, 1.807) is 7.11 Å². The molecule has 104 valence electrons. The minimum Gasteiger partial charge on any atom is -0.383 e. The van der Waals surface area contributed by atoms with E-state index in [0.717, 1.165) is 6.42 Å². The monoisotopic (exact) mass is 254 g/mol. The minimum atomic E-state index is 0.0583. The number of hydrogen-bond acceptors (Lipinski definition) is 3. The first-order valence-electron chi connectivity index (χ1n) is 7.11. The van der Waals surface area contributed by atoms with E-state index >= 15 is 0 Å². The second kappa shape index (κ2) is 5.57. The number of amides is 1. The average Bonchev–Trinajstić information content (AvgIpc) is 2.89. The number of nitrogens with zero attached hydrogens (tertiary/aromatic N) is 1. The molecule has 0 saturated heterocycles. The molecule has 4 atom stereocenters. The van der Waals surface area contributed by atoms with Crippen LogP contribution < -0.4 is 5.73 Å². The van der Waals surface area contributed by atoms with Crippen molar-refractivity contribution in [2.45, 2.75) is 45.2 Å². The smallest absolute Gasteiger partial charge is 0.227 e. The van der Waals surface area contributed by atoms with E-state index in [1.807, 2.05) is 4.90 Å². The molecule has 0 radical (unpaired) electrons. The Bertz CT molecular complexity index is 304. The molecule has 2 rings (SSSR count). The summed E-state index contributed by atoms with van der Waals surface area (Å²) in [6, 6.07) is 0.305. The Labute approximate surface area is 110 Å². The number of carbonyl (C=O) groups excluding carboxylic acids is 1. The Hall–Kier alpha value is -0.610. The lowest BCUT2D eigenvalue weighted by atomic mass is 9.83. The van der Waals surface area contributed by atoms with Crippen LogP contribution in [-0.2, 0) is 9.53 Å². The van der Waals surface area contributed by atoms with Crippen LogP contribution >= 0.6 is 0 Å². The van der Waals surface area contributed by atoms with Crippen LogP contribution in [0.3, 0.4) is 0 Å². The van der Waals surface area contributed by atoms with Gasteiger partial charge in [-0.05, 0) is 44.9 Å². The first-order chi connectivity index (χ1) is 8.56. The van der Waals surface area contributed by atoms with Crippen LogP contribution in [0.2, 0.25) is 0 Å². The summed E-state index contributed by atoms with van der Waals surface area (Å²) in [6.45, 7) is 5.40. The Balaban J connectivity index is 2.04. The fraction of sp³-hybridized carbons (Fsp3) is 0.929. The number of hydrogen-bond donors (Lipinski definition) is 1. The summed E-state index contributed by atoms with van der Waals surface area (Å²) in [6.07, 6.45) is 3.56. The molecule has 2 aliphatic rings. The molecular formula is C14H26N2O2. The number of methoxy groups -OCH3 is 1. The lowest BCUT2D eigenvalue weighted by Crippen LogP contribution is -2.50. The molecule has 0 aromatic heterocycles. The van der Waals surface area contributed by atoms with E-state index in [9.17, 15) is 4.79 Å². The van der Waals surface area contributed by atoms with E-state index in [0.29, 0.717) is 25.0 Å². The molecule has 2 bridgehead atoms.